The molecule has 0 saturated heterocycles. The van der Waals surface area contributed by atoms with E-state index >= 15 is 0 Å². The fourth-order valence-electron chi connectivity index (χ4n) is 3.20. The van der Waals surface area contributed by atoms with Crippen LogP contribution in [-0.4, -0.2) is 10.9 Å². The third-order valence-electron chi connectivity index (χ3n) is 4.58. The lowest BCUT2D eigenvalue weighted by Crippen LogP contribution is -2.28. The smallest absolute Gasteiger partial charge is 0.253 e. The van der Waals surface area contributed by atoms with Crippen LogP contribution in [0, 0.1) is 6.92 Å². The molecule has 0 fully saturated rings. The molecule has 4 heteroatoms. The predicted molar refractivity (Wildman–Crippen MR) is 90.8 cm³/mol. The van der Waals surface area contributed by atoms with Crippen LogP contribution in [0.1, 0.15) is 58.5 Å². The molecule has 1 heterocycles. The maximum Gasteiger partial charge on any atom is 0.253 e. The summed E-state index contributed by atoms with van der Waals surface area (Å²) < 4.78 is 0. The first kappa shape index (κ1) is 15.5. The van der Waals surface area contributed by atoms with Crippen LogP contribution in [0.4, 0.5) is 0 Å². The van der Waals surface area contributed by atoms with Gasteiger partial charge in [-0.2, -0.15) is 0 Å². The van der Waals surface area contributed by atoms with Crippen LogP contribution in [0.25, 0.3) is 0 Å². The van der Waals surface area contributed by atoms with Gasteiger partial charge in [0, 0.05) is 11.8 Å². The van der Waals surface area contributed by atoms with E-state index < -0.39 is 0 Å². The van der Waals surface area contributed by atoms with Gasteiger partial charge in [-0.15, -0.1) is 0 Å². The van der Waals surface area contributed by atoms with Crippen LogP contribution in [-0.2, 0) is 12.8 Å². The monoisotopic (exact) mass is 310 g/mol. The van der Waals surface area contributed by atoms with Gasteiger partial charge in [-0.05, 0) is 62.3 Å². The summed E-state index contributed by atoms with van der Waals surface area (Å²) in [6.07, 6.45) is 4.80. The first-order chi connectivity index (χ1) is 11.0. The molecule has 0 radical (unpaired) electrons. The lowest BCUT2D eigenvalue weighted by Gasteiger charge is -2.20. The summed E-state index contributed by atoms with van der Waals surface area (Å²) in [7, 11) is 0. The number of carbonyl (C=O) groups excluding carboxylic acids is 1. The molecule has 1 aromatic heterocycles. The summed E-state index contributed by atoms with van der Waals surface area (Å²) in [6.45, 7) is 3.73. The van der Waals surface area contributed by atoms with Crippen LogP contribution >= 0.6 is 0 Å². The molecule has 0 spiro atoms. The second-order valence-corrected chi connectivity index (χ2v) is 6.29. The fourth-order valence-corrected chi connectivity index (χ4v) is 3.20. The number of benzene rings is 1. The average Bonchev–Trinajstić information content (AvgIpc) is 2.54. The molecule has 120 valence electrons. The van der Waals surface area contributed by atoms with Crippen molar-refractivity contribution in [1.82, 2.24) is 10.3 Å². The lowest BCUT2D eigenvalue weighted by molar-refractivity contribution is 0.0939. The number of aromatic nitrogens is 1. The SMILES string of the molecule is Cc1[nH]c(=O)ccc1C(=O)N[C@H](C)c1ccc2c(c1)CCCC2. The van der Waals surface area contributed by atoms with E-state index in [9.17, 15) is 9.59 Å². The Balaban J connectivity index is 1.77. The lowest BCUT2D eigenvalue weighted by atomic mass is 9.89. The molecule has 2 aromatic rings. The van der Waals surface area contributed by atoms with E-state index in [4.69, 9.17) is 0 Å². The molecule has 1 amide bonds. The van der Waals surface area contributed by atoms with E-state index in [1.165, 1.54) is 30.0 Å². The van der Waals surface area contributed by atoms with Crippen LogP contribution in [0.5, 0.6) is 0 Å². The fraction of sp³-hybridized carbons (Fsp3) is 0.368. The van der Waals surface area contributed by atoms with Gasteiger partial charge in [-0.3, -0.25) is 9.59 Å². The van der Waals surface area contributed by atoms with Crippen LogP contribution in [0.3, 0.4) is 0 Å². The number of pyridine rings is 1. The van der Waals surface area contributed by atoms with Crippen LogP contribution in [0.2, 0.25) is 0 Å². The number of hydrogen-bond acceptors (Lipinski definition) is 2. The number of hydrogen-bond donors (Lipinski definition) is 2. The normalized spacial score (nSPS) is 14.9. The highest BCUT2D eigenvalue weighted by atomic mass is 16.2. The quantitative estimate of drug-likeness (QED) is 0.915. The zero-order valence-corrected chi connectivity index (χ0v) is 13.6. The van der Waals surface area contributed by atoms with Crippen molar-refractivity contribution in [3.8, 4) is 0 Å². The van der Waals surface area contributed by atoms with Crippen molar-refractivity contribution in [1.29, 1.82) is 0 Å². The van der Waals surface area contributed by atoms with Gasteiger partial charge in [0.2, 0.25) is 5.56 Å². The molecule has 0 aliphatic heterocycles. The third kappa shape index (κ3) is 3.36. The number of rotatable bonds is 3. The topological polar surface area (TPSA) is 62.0 Å². The zero-order chi connectivity index (χ0) is 16.4. The number of fused-ring (bicyclic) bond motifs is 1. The summed E-state index contributed by atoms with van der Waals surface area (Å²) in [5, 5.41) is 3.02. The Morgan fingerprint density at radius 1 is 1.13 bits per heavy atom. The van der Waals surface area contributed by atoms with Gasteiger partial charge < -0.3 is 10.3 Å². The first-order valence-electron chi connectivity index (χ1n) is 8.17. The zero-order valence-electron chi connectivity index (χ0n) is 13.6. The van der Waals surface area contributed by atoms with Crippen molar-refractivity contribution in [2.45, 2.75) is 45.6 Å². The standard InChI is InChI=1S/C19H22N2O2/c1-12(15-8-7-14-5-3-4-6-16(14)11-15)21-19(23)17-9-10-18(22)20-13(17)2/h7-12H,3-6H2,1-2H3,(H,20,22)(H,21,23)/t12-/m1/s1. The van der Waals surface area contributed by atoms with E-state index in [1.54, 1.807) is 13.0 Å². The van der Waals surface area contributed by atoms with Gasteiger partial charge in [-0.1, -0.05) is 18.2 Å². The Kier molecular flexibility index (Phi) is 4.33. The molecular formula is C19H22N2O2. The van der Waals surface area contributed by atoms with Gasteiger partial charge in [0.15, 0.2) is 0 Å². The van der Waals surface area contributed by atoms with Crippen molar-refractivity contribution >= 4 is 5.91 Å². The molecule has 23 heavy (non-hydrogen) atoms. The molecule has 0 bridgehead atoms. The molecule has 4 nitrogen and oxygen atoms in total. The molecule has 1 aromatic carbocycles. The summed E-state index contributed by atoms with van der Waals surface area (Å²) in [5.74, 6) is -0.163. The van der Waals surface area contributed by atoms with E-state index in [1.807, 2.05) is 6.92 Å². The summed E-state index contributed by atoms with van der Waals surface area (Å²) >= 11 is 0. The Bertz CT molecular complexity index is 792. The number of nitrogens with one attached hydrogen (secondary N) is 2. The molecule has 0 saturated carbocycles. The highest BCUT2D eigenvalue weighted by Gasteiger charge is 2.16. The molecular weight excluding hydrogens is 288 g/mol. The molecule has 3 rings (SSSR count). The van der Waals surface area contributed by atoms with E-state index in [0.717, 1.165) is 18.4 Å². The highest BCUT2D eigenvalue weighted by molar-refractivity contribution is 5.95. The summed E-state index contributed by atoms with van der Waals surface area (Å²) in [4.78, 5) is 26.3. The van der Waals surface area contributed by atoms with E-state index in [0.29, 0.717) is 11.3 Å². The van der Waals surface area contributed by atoms with Gasteiger partial charge in [0.1, 0.15) is 0 Å². The van der Waals surface area contributed by atoms with Gasteiger partial charge in [-0.25, -0.2) is 0 Å². The van der Waals surface area contributed by atoms with Crippen molar-refractivity contribution < 1.29 is 4.79 Å². The highest BCUT2D eigenvalue weighted by Crippen LogP contribution is 2.25. The number of aryl methyl sites for hydroxylation is 3. The molecule has 1 atom stereocenters. The Morgan fingerprint density at radius 3 is 2.61 bits per heavy atom. The van der Waals surface area contributed by atoms with E-state index in [-0.39, 0.29) is 17.5 Å². The maximum atomic E-state index is 12.4. The number of H-pyrrole nitrogens is 1. The van der Waals surface area contributed by atoms with E-state index in [2.05, 4.69) is 28.5 Å². The van der Waals surface area contributed by atoms with Gasteiger partial charge in [0.05, 0.1) is 11.6 Å². The average molecular weight is 310 g/mol. The molecule has 2 N–H and O–H groups in total. The Labute approximate surface area is 135 Å². The molecule has 0 unspecified atom stereocenters. The summed E-state index contributed by atoms with van der Waals surface area (Å²) in [6, 6.07) is 9.40. The third-order valence-corrected chi connectivity index (χ3v) is 4.58. The minimum absolute atomic E-state index is 0.0685. The molecule has 1 aliphatic rings. The molecule has 1 aliphatic carbocycles. The Morgan fingerprint density at radius 2 is 1.87 bits per heavy atom. The minimum atomic E-state index is -0.193. The van der Waals surface area contributed by atoms with Crippen molar-refractivity contribution in [2.24, 2.45) is 0 Å². The summed E-state index contributed by atoms with van der Waals surface area (Å²) in [5.41, 5.74) is 4.88. The Hall–Kier alpha value is -2.36. The minimum Gasteiger partial charge on any atom is -0.345 e. The first-order valence-corrected chi connectivity index (χ1v) is 8.17. The maximum absolute atomic E-state index is 12.4. The second kappa shape index (κ2) is 6.41. The largest absolute Gasteiger partial charge is 0.345 e. The number of amides is 1. The van der Waals surface area contributed by atoms with Crippen LogP contribution in [0.15, 0.2) is 35.1 Å². The van der Waals surface area contributed by atoms with Crippen molar-refractivity contribution in [3.05, 3.63) is 68.6 Å². The number of carbonyl (C=O) groups is 1. The van der Waals surface area contributed by atoms with Gasteiger partial charge >= 0.3 is 0 Å². The predicted octanol–water partition coefficient (Wildman–Crippen LogP) is 3.05. The van der Waals surface area contributed by atoms with Gasteiger partial charge in [0.25, 0.3) is 5.91 Å². The number of aromatic amines is 1. The van der Waals surface area contributed by atoms with Crippen molar-refractivity contribution in [2.75, 3.05) is 0 Å². The van der Waals surface area contributed by atoms with Crippen molar-refractivity contribution in [3.63, 3.8) is 0 Å². The second-order valence-electron chi connectivity index (χ2n) is 6.29. The van der Waals surface area contributed by atoms with Crippen LogP contribution < -0.4 is 10.9 Å².